The lowest BCUT2D eigenvalue weighted by Crippen LogP contribution is -2.50. The fourth-order valence-electron chi connectivity index (χ4n) is 7.61. The van der Waals surface area contributed by atoms with Gasteiger partial charge in [0.2, 0.25) is 0 Å². The number of hydrogen-bond acceptors (Lipinski definition) is 9. The zero-order valence-corrected chi connectivity index (χ0v) is 30.3. The first-order valence-corrected chi connectivity index (χ1v) is 18.7. The van der Waals surface area contributed by atoms with Crippen LogP contribution in [-0.2, 0) is 24.4 Å². The Bertz CT molecular complexity index is 1960. The summed E-state index contributed by atoms with van der Waals surface area (Å²) in [5, 5.41) is 22.9. The fourth-order valence-corrected chi connectivity index (χ4v) is 7.84. The molecule has 3 aromatic carbocycles. The van der Waals surface area contributed by atoms with E-state index >= 15 is 0 Å². The maximum Gasteiger partial charge on any atom is 0.142 e. The van der Waals surface area contributed by atoms with Gasteiger partial charge in [-0.3, -0.25) is 14.7 Å². The highest BCUT2D eigenvalue weighted by Gasteiger charge is 2.29. The van der Waals surface area contributed by atoms with E-state index < -0.39 is 0 Å². The standard InChI is InChI=1S/C42H45ClN4O5/c1-27-34(5-3-8-39(27)50-14-4-13-47-24-33(49)25-47)35-6-2-7-37-36(35)11-12-40(37)52-42-18-41(51-26-30-15-29(19-44)21-45-22-30)31(17-38(42)43)23-46-20-28-9-10-32(48)16-28/h2-3,5-8,15,17-18,21-22,28,33,40,46,49H,4,9-14,16,20,23-26H2,1H3/t28?,40-/m0/s1. The van der Waals surface area contributed by atoms with Gasteiger partial charge < -0.3 is 24.6 Å². The topological polar surface area (TPSA) is 117 Å². The minimum atomic E-state index is -0.182. The number of aromatic nitrogens is 1. The van der Waals surface area contributed by atoms with Crippen molar-refractivity contribution in [2.24, 2.45) is 5.92 Å². The second-order valence-electron chi connectivity index (χ2n) is 14.2. The Morgan fingerprint density at radius 2 is 1.87 bits per heavy atom. The molecule has 0 amide bonds. The fraction of sp³-hybridized carbons (Fsp3) is 0.405. The molecule has 1 saturated carbocycles. The largest absolute Gasteiger partial charge is 0.493 e. The lowest BCUT2D eigenvalue weighted by Gasteiger charge is -2.35. The van der Waals surface area contributed by atoms with Gasteiger partial charge in [-0.25, -0.2) is 0 Å². The molecule has 1 unspecified atom stereocenters. The number of nitrogens with one attached hydrogen (secondary N) is 1. The average Bonchev–Trinajstić information content (AvgIpc) is 3.75. The molecule has 10 heteroatoms. The Kier molecular flexibility index (Phi) is 11.4. The predicted molar refractivity (Wildman–Crippen MR) is 200 cm³/mol. The molecule has 1 saturated heterocycles. The number of carbonyl (C=O) groups is 1. The van der Waals surface area contributed by atoms with Gasteiger partial charge in [0.1, 0.15) is 41.8 Å². The third-order valence-corrected chi connectivity index (χ3v) is 10.7. The molecule has 2 atom stereocenters. The van der Waals surface area contributed by atoms with Crippen molar-refractivity contribution < 1.29 is 24.1 Å². The second-order valence-corrected chi connectivity index (χ2v) is 14.6. The normalized spacial score (nSPS) is 18.5. The number of aliphatic hydroxyl groups is 1. The lowest BCUT2D eigenvalue weighted by atomic mass is 9.93. The van der Waals surface area contributed by atoms with Gasteiger partial charge in [-0.15, -0.1) is 0 Å². The van der Waals surface area contributed by atoms with Gasteiger partial charge in [0.05, 0.1) is 23.3 Å². The van der Waals surface area contributed by atoms with Crippen molar-refractivity contribution in [3.63, 3.8) is 0 Å². The van der Waals surface area contributed by atoms with Gasteiger partial charge in [-0.1, -0.05) is 41.9 Å². The van der Waals surface area contributed by atoms with E-state index in [0.29, 0.717) is 59.8 Å². The SMILES string of the molecule is Cc1c(OCCCN2CC(O)C2)cccc1-c1cccc2c1CC[C@@H]2Oc1cc(OCc2cncc(C#N)c2)c(CNCC2CCC(=O)C2)cc1Cl. The smallest absolute Gasteiger partial charge is 0.142 e. The molecule has 9 nitrogen and oxygen atoms in total. The number of nitrogens with zero attached hydrogens (tertiary/aromatic N) is 3. The molecule has 3 aliphatic rings. The zero-order chi connectivity index (χ0) is 36.0. The van der Waals surface area contributed by atoms with Gasteiger partial charge in [-0.2, -0.15) is 5.26 Å². The van der Waals surface area contributed by atoms with Gasteiger partial charge in [0.15, 0.2) is 0 Å². The number of ether oxygens (including phenoxy) is 3. The number of Topliss-reactive ketones (excluding diaryl/α,β-unsaturated/α-hetero) is 1. The van der Waals surface area contributed by atoms with Gasteiger partial charge >= 0.3 is 0 Å². The third-order valence-electron chi connectivity index (χ3n) is 10.4. The summed E-state index contributed by atoms with van der Waals surface area (Å²) in [6, 6.07) is 20.4. The number of β-amino-alcohol motifs (C(OH)–C–C–N with tert-alkyl or cyclic N) is 1. The van der Waals surface area contributed by atoms with Crippen LogP contribution in [0.2, 0.25) is 5.02 Å². The molecule has 270 valence electrons. The Morgan fingerprint density at radius 3 is 2.67 bits per heavy atom. The molecule has 52 heavy (non-hydrogen) atoms. The van der Waals surface area contributed by atoms with Crippen LogP contribution in [0.4, 0.5) is 0 Å². The molecule has 1 aliphatic heterocycles. The van der Waals surface area contributed by atoms with Gasteiger partial charge in [0, 0.05) is 68.6 Å². The summed E-state index contributed by atoms with van der Waals surface area (Å²) in [4.78, 5) is 18.2. The van der Waals surface area contributed by atoms with Crippen molar-refractivity contribution in [1.82, 2.24) is 15.2 Å². The van der Waals surface area contributed by atoms with Crippen molar-refractivity contribution in [2.45, 2.75) is 70.8 Å². The molecule has 2 fully saturated rings. The summed E-state index contributed by atoms with van der Waals surface area (Å²) in [5.41, 5.74) is 8.03. The Morgan fingerprint density at radius 1 is 1.02 bits per heavy atom. The van der Waals surface area contributed by atoms with Crippen LogP contribution in [-0.4, -0.2) is 59.7 Å². The maximum atomic E-state index is 11.8. The first-order chi connectivity index (χ1) is 25.3. The van der Waals surface area contributed by atoms with Gasteiger partial charge in [-0.05, 0) is 91.1 Å². The monoisotopic (exact) mass is 720 g/mol. The summed E-state index contributed by atoms with van der Waals surface area (Å²) in [6.45, 7) is 6.69. The second kappa shape index (κ2) is 16.5. The first-order valence-electron chi connectivity index (χ1n) is 18.3. The van der Waals surface area contributed by atoms with Crippen molar-refractivity contribution in [2.75, 3.05) is 32.8 Å². The lowest BCUT2D eigenvalue weighted by molar-refractivity contribution is -0.117. The number of rotatable bonds is 15. The average molecular weight is 721 g/mol. The summed E-state index contributed by atoms with van der Waals surface area (Å²) in [5.74, 6) is 2.76. The molecular formula is C42H45ClN4O5. The molecule has 4 aromatic rings. The number of fused-ring (bicyclic) bond motifs is 1. The van der Waals surface area contributed by atoms with Crippen molar-refractivity contribution in [3.05, 3.63) is 105 Å². The molecule has 0 spiro atoms. The van der Waals surface area contributed by atoms with Gasteiger partial charge in [0.25, 0.3) is 0 Å². The number of likely N-dealkylation sites (tertiary alicyclic amines) is 1. The van der Waals surface area contributed by atoms with Crippen LogP contribution in [0.3, 0.4) is 0 Å². The number of hydrogen-bond donors (Lipinski definition) is 2. The number of benzene rings is 3. The number of ketones is 1. The Hall–Kier alpha value is -4.46. The van der Waals surface area contributed by atoms with Crippen LogP contribution in [0.1, 0.15) is 71.6 Å². The quantitative estimate of drug-likeness (QED) is 0.124. The Labute approximate surface area is 310 Å². The van der Waals surface area contributed by atoms with E-state index in [1.54, 1.807) is 12.3 Å². The minimum Gasteiger partial charge on any atom is -0.493 e. The summed E-state index contributed by atoms with van der Waals surface area (Å²) in [6.07, 6.45) is 7.67. The van der Waals surface area contributed by atoms with Crippen molar-refractivity contribution in [3.8, 4) is 34.4 Å². The summed E-state index contributed by atoms with van der Waals surface area (Å²) in [7, 11) is 0. The maximum absolute atomic E-state index is 11.8. The predicted octanol–water partition coefficient (Wildman–Crippen LogP) is 7.13. The minimum absolute atomic E-state index is 0.180. The molecule has 2 N–H and O–H groups in total. The van der Waals surface area contributed by atoms with Crippen LogP contribution in [0.15, 0.2) is 67.0 Å². The molecule has 0 bridgehead atoms. The first kappa shape index (κ1) is 35.9. The highest BCUT2D eigenvalue weighted by atomic mass is 35.5. The summed E-state index contributed by atoms with van der Waals surface area (Å²) < 4.78 is 19.3. The third kappa shape index (κ3) is 8.43. The van der Waals surface area contributed by atoms with Crippen LogP contribution in [0, 0.1) is 24.2 Å². The van der Waals surface area contributed by atoms with Crippen LogP contribution in [0.5, 0.6) is 17.2 Å². The van der Waals surface area contributed by atoms with Crippen LogP contribution >= 0.6 is 11.6 Å². The van der Waals surface area contributed by atoms with E-state index in [-0.39, 0.29) is 18.8 Å². The van der Waals surface area contributed by atoms with Crippen LogP contribution in [0.25, 0.3) is 11.1 Å². The van der Waals surface area contributed by atoms with Crippen LogP contribution < -0.4 is 19.5 Å². The molecule has 0 radical (unpaired) electrons. The Balaban J connectivity index is 1.07. The number of pyridine rings is 1. The number of nitriles is 1. The van der Waals surface area contributed by atoms with E-state index in [4.69, 9.17) is 25.8 Å². The number of aliphatic hydroxyl groups excluding tert-OH is 1. The van der Waals surface area contributed by atoms with E-state index in [1.807, 2.05) is 18.2 Å². The zero-order valence-electron chi connectivity index (χ0n) is 29.6. The highest BCUT2D eigenvalue weighted by molar-refractivity contribution is 6.32. The number of carbonyl (C=O) groups excluding carboxylic acids is 1. The molecule has 2 aliphatic carbocycles. The molecule has 1 aromatic heterocycles. The molecule has 7 rings (SSSR count). The van der Waals surface area contributed by atoms with E-state index in [0.717, 1.165) is 85.4 Å². The van der Waals surface area contributed by atoms with E-state index in [2.05, 4.69) is 58.5 Å². The highest BCUT2D eigenvalue weighted by Crippen LogP contribution is 2.44. The van der Waals surface area contributed by atoms with Crippen molar-refractivity contribution in [1.29, 1.82) is 5.26 Å². The molecule has 2 heterocycles. The molecular weight excluding hydrogens is 676 g/mol. The van der Waals surface area contributed by atoms with E-state index in [9.17, 15) is 15.2 Å². The summed E-state index contributed by atoms with van der Waals surface area (Å²) >= 11 is 6.91. The number of halogens is 1. The van der Waals surface area contributed by atoms with E-state index in [1.165, 1.54) is 17.3 Å². The van der Waals surface area contributed by atoms with Crippen molar-refractivity contribution >= 4 is 17.4 Å².